The number of carbonyl (C=O) groups is 1. The third-order valence-electron chi connectivity index (χ3n) is 5.97. The fourth-order valence-electron chi connectivity index (χ4n) is 4.42. The van der Waals surface area contributed by atoms with Gasteiger partial charge in [-0.25, -0.2) is 0 Å². The molecule has 0 amide bonds. The molecule has 0 spiro atoms. The van der Waals surface area contributed by atoms with E-state index in [-0.39, 0.29) is 11.7 Å². The summed E-state index contributed by atoms with van der Waals surface area (Å²) in [4.78, 5) is 13.8. The number of rotatable bonds is 7. The summed E-state index contributed by atoms with van der Waals surface area (Å²) >= 11 is 0. The molecule has 0 unspecified atom stereocenters. The molecule has 0 radical (unpaired) electrons. The van der Waals surface area contributed by atoms with Crippen LogP contribution in [0.25, 0.3) is 0 Å². The van der Waals surface area contributed by atoms with Crippen molar-refractivity contribution in [2.75, 3.05) is 35.5 Å². The van der Waals surface area contributed by atoms with Gasteiger partial charge in [-0.05, 0) is 41.5 Å². The van der Waals surface area contributed by atoms with Crippen molar-refractivity contribution in [3.05, 3.63) is 76.9 Å². The highest BCUT2D eigenvalue weighted by Crippen LogP contribution is 2.53. The van der Waals surface area contributed by atoms with Crippen molar-refractivity contribution < 1.29 is 28.5 Å². The number of Topliss-reactive ketones (excluding diaryl/α,β-unsaturated/α-hetero) is 1. The molecule has 6 heteroatoms. The van der Waals surface area contributed by atoms with Gasteiger partial charge in [-0.2, -0.15) is 0 Å². The first-order valence-corrected chi connectivity index (χ1v) is 10.2. The summed E-state index contributed by atoms with van der Waals surface area (Å²) in [5.41, 5.74) is 3.21. The van der Waals surface area contributed by atoms with E-state index in [1.165, 1.54) is 0 Å². The van der Waals surface area contributed by atoms with Gasteiger partial charge in [-0.1, -0.05) is 12.1 Å². The first-order valence-electron chi connectivity index (χ1n) is 10.2. The lowest BCUT2D eigenvalue weighted by molar-refractivity contribution is 0.0968. The van der Waals surface area contributed by atoms with E-state index < -0.39 is 5.92 Å². The van der Waals surface area contributed by atoms with Crippen molar-refractivity contribution in [2.24, 2.45) is 0 Å². The van der Waals surface area contributed by atoms with Crippen molar-refractivity contribution >= 4 is 5.78 Å². The van der Waals surface area contributed by atoms with E-state index in [1.807, 2.05) is 48.5 Å². The highest BCUT2D eigenvalue weighted by molar-refractivity contribution is 6.08. The summed E-state index contributed by atoms with van der Waals surface area (Å²) in [5, 5.41) is 0. The van der Waals surface area contributed by atoms with Crippen molar-refractivity contribution in [3.63, 3.8) is 0 Å². The zero-order chi connectivity index (χ0) is 22.8. The first kappa shape index (κ1) is 21.6. The smallest absolute Gasteiger partial charge is 0.171 e. The second-order valence-electron chi connectivity index (χ2n) is 7.53. The number of ketones is 1. The average Bonchev–Trinajstić information content (AvgIpc) is 3.15. The van der Waals surface area contributed by atoms with Crippen molar-refractivity contribution in [1.29, 1.82) is 0 Å². The third-order valence-corrected chi connectivity index (χ3v) is 5.97. The molecular formula is C26H26O6. The van der Waals surface area contributed by atoms with Crippen LogP contribution in [-0.4, -0.2) is 41.3 Å². The Balaban J connectivity index is 1.97. The quantitative estimate of drug-likeness (QED) is 0.530. The zero-order valence-corrected chi connectivity index (χ0v) is 18.8. The van der Waals surface area contributed by atoms with Crippen LogP contribution in [0.3, 0.4) is 0 Å². The summed E-state index contributed by atoms with van der Waals surface area (Å²) in [6.07, 6.45) is 0. The van der Waals surface area contributed by atoms with E-state index in [2.05, 4.69) is 0 Å². The summed E-state index contributed by atoms with van der Waals surface area (Å²) < 4.78 is 27.5. The molecule has 6 nitrogen and oxygen atoms in total. The molecular weight excluding hydrogens is 408 g/mol. The highest BCUT2D eigenvalue weighted by atomic mass is 16.5. The molecule has 4 rings (SSSR count). The van der Waals surface area contributed by atoms with E-state index in [1.54, 1.807) is 41.6 Å². The number of benzene rings is 3. The minimum atomic E-state index is -0.450. The molecule has 1 aliphatic carbocycles. The maximum Gasteiger partial charge on any atom is 0.171 e. The number of carbonyl (C=O) groups excluding carboxylic acids is 1. The number of methoxy groups -OCH3 is 5. The second-order valence-corrected chi connectivity index (χ2v) is 7.53. The molecule has 0 heterocycles. The summed E-state index contributed by atoms with van der Waals surface area (Å²) in [5.74, 6) is 2.48. The van der Waals surface area contributed by atoms with Crippen LogP contribution in [0.5, 0.6) is 28.7 Å². The normalized spacial score (nSPS) is 17.0. The van der Waals surface area contributed by atoms with Gasteiger partial charge in [-0.15, -0.1) is 0 Å². The Morgan fingerprint density at radius 2 is 1.12 bits per heavy atom. The van der Waals surface area contributed by atoms with Crippen LogP contribution in [0.2, 0.25) is 0 Å². The Kier molecular flexibility index (Phi) is 5.95. The minimum absolute atomic E-state index is 0.00848. The lowest BCUT2D eigenvalue weighted by Crippen LogP contribution is -2.13. The van der Waals surface area contributed by atoms with E-state index in [9.17, 15) is 4.79 Å². The summed E-state index contributed by atoms with van der Waals surface area (Å²) in [6.45, 7) is 0. The Bertz CT molecular complexity index is 1110. The maximum atomic E-state index is 13.8. The monoisotopic (exact) mass is 434 g/mol. The number of ether oxygens (including phenoxy) is 5. The topological polar surface area (TPSA) is 63.2 Å². The van der Waals surface area contributed by atoms with Crippen LogP contribution < -0.4 is 23.7 Å². The number of hydrogen-bond acceptors (Lipinski definition) is 6. The lowest BCUT2D eigenvalue weighted by Gasteiger charge is -2.23. The Hall–Kier alpha value is -3.67. The van der Waals surface area contributed by atoms with Gasteiger partial charge in [0.2, 0.25) is 0 Å². The lowest BCUT2D eigenvalue weighted by atomic mass is 9.81. The third kappa shape index (κ3) is 3.62. The molecule has 166 valence electrons. The number of hydrogen-bond donors (Lipinski definition) is 0. The standard InChI is InChI=1S/C26H26O6/c1-28-17-8-6-15(7-9-17)24-23(16-10-18(29-2)12-19(11-16)30-3)25-21(26(24)27)13-20(31-4)14-22(25)32-5/h6-14,23-24H,1-5H3/t23-,24-/m1/s1. The fraction of sp³-hybridized carbons (Fsp3) is 0.269. The summed E-state index contributed by atoms with van der Waals surface area (Å²) in [7, 11) is 8.01. The van der Waals surface area contributed by atoms with Gasteiger partial charge in [0.25, 0.3) is 0 Å². The van der Waals surface area contributed by atoms with Crippen LogP contribution >= 0.6 is 0 Å². The largest absolute Gasteiger partial charge is 0.497 e. The van der Waals surface area contributed by atoms with E-state index in [0.717, 1.165) is 22.4 Å². The van der Waals surface area contributed by atoms with Crippen LogP contribution in [0.15, 0.2) is 54.6 Å². The molecule has 0 saturated carbocycles. The summed E-state index contributed by atoms with van der Waals surface area (Å²) in [6, 6.07) is 16.9. The molecule has 1 aliphatic rings. The van der Waals surface area contributed by atoms with Gasteiger partial charge in [-0.3, -0.25) is 4.79 Å². The molecule has 3 aromatic rings. The SMILES string of the molecule is COc1ccc([C@H]2C(=O)c3cc(OC)cc(OC)c3[C@@H]2c2cc(OC)cc(OC)c2)cc1. The molecule has 0 bridgehead atoms. The first-order chi connectivity index (χ1) is 15.5. The van der Waals surface area contributed by atoms with Gasteiger partial charge in [0.15, 0.2) is 5.78 Å². The van der Waals surface area contributed by atoms with Crippen LogP contribution in [0.1, 0.15) is 38.9 Å². The molecule has 0 saturated heterocycles. The fourth-order valence-corrected chi connectivity index (χ4v) is 4.42. The Morgan fingerprint density at radius 1 is 0.562 bits per heavy atom. The molecule has 3 aromatic carbocycles. The minimum Gasteiger partial charge on any atom is -0.497 e. The molecule has 0 N–H and O–H groups in total. The van der Waals surface area contributed by atoms with Crippen molar-refractivity contribution in [3.8, 4) is 28.7 Å². The highest BCUT2D eigenvalue weighted by Gasteiger charge is 2.44. The average molecular weight is 434 g/mol. The molecule has 2 atom stereocenters. The molecule has 32 heavy (non-hydrogen) atoms. The van der Waals surface area contributed by atoms with E-state index in [4.69, 9.17) is 23.7 Å². The van der Waals surface area contributed by atoms with Gasteiger partial charge in [0.05, 0.1) is 41.5 Å². The second kappa shape index (κ2) is 8.83. The predicted octanol–water partition coefficient (Wildman–Crippen LogP) is 4.84. The van der Waals surface area contributed by atoms with Gasteiger partial charge < -0.3 is 23.7 Å². The molecule has 0 fully saturated rings. The molecule has 0 aliphatic heterocycles. The van der Waals surface area contributed by atoms with Gasteiger partial charge in [0, 0.05) is 29.2 Å². The predicted molar refractivity (Wildman–Crippen MR) is 121 cm³/mol. The van der Waals surface area contributed by atoms with Gasteiger partial charge in [0.1, 0.15) is 28.7 Å². The van der Waals surface area contributed by atoms with Crippen LogP contribution in [0, 0.1) is 0 Å². The Labute approximate surface area is 187 Å². The van der Waals surface area contributed by atoms with E-state index in [0.29, 0.717) is 28.6 Å². The number of fused-ring (bicyclic) bond motifs is 1. The van der Waals surface area contributed by atoms with Gasteiger partial charge >= 0.3 is 0 Å². The van der Waals surface area contributed by atoms with Crippen molar-refractivity contribution in [2.45, 2.75) is 11.8 Å². The van der Waals surface area contributed by atoms with E-state index >= 15 is 0 Å². The Morgan fingerprint density at radius 3 is 1.66 bits per heavy atom. The van der Waals surface area contributed by atoms with Crippen molar-refractivity contribution in [1.82, 2.24) is 0 Å². The zero-order valence-electron chi connectivity index (χ0n) is 18.8. The maximum absolute atomic E-state index is 13.8. The van der Waals surface area contributed by atoms with Crippen LogP contribution in [-0.2, 0) is 0 Å². The molecule has 0 aromatic heterocycles. The van der Waals surface area contributed by atoms with Crippen LogP contribution in [0.4, 0.5) is 0 Å².